The molecule has 0 rings (SSSR count). The van der Waals surface area contributed by atoms with E-state index in [-0.39, 0.29) is 6.42 Å². The second-order valence-electron chi connectivity index (χ2n) is 3.73. The topological polar surface area (TPSA) is 37.0 Å². The van der Waals surface area contributed by atoms with Crippen LogP contribution in [-0.2, 0) is 9.90 Å². The van der Waals surface area contributed by atoms with Crippen molar-refractivity contribution in [1.82, 2.24) is 0 Å². The van der Waals surface area contributed by atoms with Crippen molar-refractivity contribution < 1.29 is 9.90 Å². The third-order valence-electron chi connectivity index (χ3n) is 2.39. The zero-order chi connectivity index (χ0) is 10.1. The number of carbonyl (C=O) groups excluding carboxylic acids is 1. The van der Waals surface area contributed by atoms with Gasteiger partial charge >= 0.3 is 5.97 Å². The standard InChI is InChI=1S/C11H21O2/c1-3-5-7-10(8-6-4-2)9-11(12)13/h10H,3-9H2,1-2H3. The summed E-state index contributed by atoms with van der Waals surface area (Å²) in [6.45, 7) is 4.27. The van der Waals surface area contributed by atoms with E-state index in [2.05, 4.69) is 13.8 Å². The van der Waals surface area contributed by atoms with E-state index in [4.69, 9.17) is 0 Å². The van der Waals surface area contributed by atoms with E-state index in [0.29, 0.717) is 5.92 Å². The molecule has 0 amide bonds. The number of rotatable bonds is 8. The smallest absolute Gasteiger partial charge is 0.247 e. The molecule has 2 nitrogen and oxygen atoms in total. The average Bonchev–Trinajstić information content (AvgIpc) is 2.09. The van der Waals surface area contributed by atoms with Crippen LogP contribution in [0.5, 0.6) is 0 Å². The van der Waals surface area contributed by atoms with Crippen LogP contribution in [0.2, 0.25) is 0 Å². The van der Waals surface area contributed by atoms with Crippen molar-refractivity contribution in [3.63, 3.8) is 0 Å². The highest BCUT2D eigenvalue weighted by atomic mass is 16.4. The molecule has 0 aliphatic carbocycles. The van der Waals surface area contributed by atoms with Crippen LogP contribution in [0.1, 0.15) is 58.8 Å². The molecule has 13 heavy (non-hydrogen) atoms. The maximum atomic E-state index is 10.4. The molecule has 0 bridgehead atoms. The summed E-state index contributed by atoms with van der Waals surface area (Å²) in [5, 5.41) is 10.4. The highest BCUT2D eigenvalue weighted by Gasteiger charge is 2.12. The van der Waals surface area contributed by atoms with Gasteiger partial charge in [-0.3, -0.25) is 0 Å². The van der Waals surface area contributed by atoms with E-state index in [1.54, 1.807) is 0 Å². The monoisotopic (exact) mass is 185 g/mol. The fourth-order valence-electron chi connectivity index (χ4n) is 1.57. The van der Waals surface area contributed by atoms with Crippen LogP contribution in [0.25, 0.3) is 0 Å². The van der Waals surface area contributed by atoms with Crippen molar-refractivity contribution in [3.05, 3.63) is 0 Å². The quantitative estimate of drug-likeness (QED) is 0.571. The molecule has 0 aromatic carbocycles. The predicted molar refractivity (Wildman–Crippen MR) is 52.9 cm³/mol. The summed E-state index contributed by atoms with van der Waals surface area (Å²) in [6, 6.07) is 0. The summed E-state index contributed by atoms with van der Waals surface area (Å²) in [5.74, 6) is -0.540. The SMILES string of the molecule is CCCCC(CCCC)CC([O])=O. The number of hydrogen-bond donors (Lipinski definition) is 0. The molecule has 77 valence electrons. The number of hydrogen-bond acceptors (Lipinski definition) is 1. The summed E-state index contributed by atoms with van der Waals surface area (Å²) in [5.41, 5.74) is 0. The summed E-state index contributed by atoms with van der Waals surface area (Å²) in [7, 11) is 0. The van der Waals surface area contributed by atoms with Crippen molar-refractivity contribution >= 4 is 5.97 Å². The van der Waals surface area contributed by atoms with E-state index in [1.807, 2.05) is 0 Å². The molecular formula is C11H21O2. The lowest BCUT2D eigenvalue weighted by atomic mass is 9.93. The Labute approximate surface area is 81.3 Å². The number of unbranched alkanes of at least 4 members (excludes halogenated alkanes) is 2. The fraction of sp³-hybridized carbons (Fsp3) is 0.909. The van der Waals surface area contributed by atoms with Gasteiger partial charge in [0.2, 0.25) is 0 Å². The van der Waals surface area contributed by atoms with Gasteiger partial charge in [0.05, 0.1) is 6.42 Å². The van der Waals surface area contributed by atoms with E-state index in [1.165, 1.54) is 0 Å². The van der Waals surface area contributed by atoms with Gasteiger partial charge in [0.1, 0.15) is 0 Å². The Morgan fingerprint density at radius 3 is 1.85 bits per heavy atom. The summed E-state index contributed by atoms with van der Waals surface area (Å²) in [6.07, 6.45) is 6.92. The second-order valence-corrected chi connectivity index (χ2v) is 3.73. The van der Waals surface area contributed by atoms with Crippen LogP contribution in [0.15, 0.2) is 0 Å². The Hall–Kier alpha value is -0.530. The third kappa shape index (κ3) is 7.82. The molecule has 0 N–H and O–H groups in total. The van der Waals surface area contributed by atoms with Gasteiger partial charge < -0.3 is 0 Å². The molecule has 0 aromatic rings. The van der Waals surface area contributed by atoms with Crippen molar-refractivity contribution in [2.24, 2.45) is 5.92 Å². The Kier molecular flexibility index (Phi) is 7.76. The molecule has 1 radical (unpaired) electrons. The Balaban J connectivity index is 3.66. The molecule has 0 saturated carbocycles. The maximum Gasteiger partial charge on any atom is 0.355 e. The highest BCUT2D eigenvalue weighted by Crippen LogP contribution is 2.19. The largest absolute Gasteiger partial charge is 0.355 e. The molecule has 0 atom stereocenters. The predicted octanol–water partition coefficient (Wildman–Crippen LogP) is 3.33. The summed E-state index contributed by atoms with van der Waals surface area (Å²) in [4.78, 5) is 10.4. The second kappa shape index (κ2) is 8.09. The Morgan fingerprint density at radius 1 is 1.08 bits per heavy atom. The third-order valence-corrected chi connectivity index (χ3v) is 2.39. The molecule has 2 heteroatoms. The van der Waals surface area contributed by atoms with Crippen molar-refractivity contribution in [1.29, 1.82) is 0 Å². The molecule has 0 spiro atoms. The molecular weight excluding hydrogens is 164 g/mol. The van der Waals surface area contributed by atoms with Crippen molar-refractivity contribution in [2.45, 2.75) is 58.8 Å². The fourth-order valence-corrected chi connectivity index (χ4v) is 1.57. The minimum absolute atomic E-state index is 0.250. The minimum Gasteiger partial charge on any atom is -0.247 e. The molecule has 0 aliphatic heterocycles. The van der Waals surface area contributed by atoms with Gasteiger partial charge in [0, 0.05) is 0 Å². The zero-order valence-corrected chi connectivity index (χ0v) is 8.84. The van der Waals surface area contributed by atoms with Crippen molar-refractivity contribution in [2.75, 3.05) is 0 Å². The molecule has 0 heterocycles. The lowest BCUT2D eigenvalue weighted by molar-refractivity contribution is -0.144. The molecule has 0 saturated heterocycles. The van der Waals surface area contributed by atoms with Crippen LogP contribution in [0, 0.1) is 5.92 Å². The molecule has 0 aliphatic rings. The first kappa shape index (κ1) is 12.5. The van der Waals surface area contributed by atoms with Crippen LogP contribution in [0.4, 0.5) is 0 Å². The van der Waals surface area contributed by atoms with E-state index in [0.717, 1.165) is 38.5 Å². The van der Waals surface area contributed by atoms with Gasteiger partial charge in [-0.25, -0.2) is 9.90 Å². The normalized spacial score (nSPS) is 10.7. The van der Waals surface area contributed by atoms with Gasteiger partial charge in [0.25, 0.3) is 0 Å². The first-order chi connectivity index (χ1) is 6.20. The minimum atomic E-state index is -0.891. The molecule has 0 aromatic heterocycles. The van der Waals surface area contributed by atoms with Gasteiger partial charge in [-0.05, 0) is 18.8 Å². The van der Waals surface area contributed by atoms with Crippen LogP contribution < -0.4 is 0 Å². The Morgan fingerprint density at radius 2 is 1.54 bits per heavy atom. The summed E-state index contributed by atoms with van der Waals surface area (Å²) < 4.78 is 0. The summed E-state index contributed by atoms with van der Waals surface area (Å²) >= 11 is 0. The Bertz CT molecular complexity index is 124. The van der Waals surface area contributed by atoms with Crippen LogP contribution >= 0.6 is 0 Å². The lowest BCUT2D eigenvalue weighted by Gasteiger charge is -2.12. The highest BCUT2D eigenvalue weighted by molar-refractivity contribution is 5.66. The van der Waals surface area contributed by atoms with E-state index in [9.17, 15) is 9.90 Å². The van der Waals surface area contributed by atoms with Crippen LogP contribution in [0.3, 0.4) is 0 Å². The van der Waals surface area contributed by atoms with Crippen molar-refractivity contribution in [3.8, 4) is 0 Å². The number of carbonyl (C=O) groups is 1. The zero-order valence-electron chi connectivity index (χ0n) is 8.84. The van der Waals surface area contributed by atoms with E-state index >= 15 is 0 Å². The van der Waals surface area contributed by atoms with Gasteiger partial charge in [-0.2, -0.15) is 0 Å². The van der Waals surface area contributed by atoms with Crippen LogP contribution in [-0.4, -0.2) is 5.97 Å². The first-order valence-electron chi connectivity index (χ1n) is 5.40. The molecule has 0 fully saturated rings. The van der Waals surface area contributed by atoms with Gasteiger partial charge in [0.15, 0.2) is 0 Å². The van der Waals surface area contributed by atoms with E-state index < -0.39 is 5.97 Å². The van der Waals surface area contributed by atoms with Gasteiger partial charge in [-0.15, -0.1) is 0 Å². The molecule has 0 unspecified atom stereocenters. The lowest BCUT2D eigenvalue weighted by Crippen LogP contribution is -2.07. The first-order valence-corrected chi connectivity index (χ1v) is 5.40. The maximum absolute atomic E-state index is 10.4. The average molecular weight is 185 g/mol. The van der Waals surface area contributed by atoms with Gasteiger partial charge in [-0.1, -0.05) is 39.5 Å².